The Kier molecular flexibility index (Phi) is 11.6. The number of rotatable bonds is 10. The Bertz CT molecular complexity index is 1330. The van der Waals surface area contributed by atoms with Crippen molar-refractivity contribution in [1.29, 1.82) is 0 Å². The van der Waals surface area contributed by atoms with E-state index >= 15 is 0 Å². The third-order valence-corrected chi connectivity index (χ3v) is 8.78. The average Bonchev–Trinajstić information content (AvgIpc) is 3.05. The molecule has 2 aliphatic heterocycles. The zero-order chi connectivity index (χ0) is 30.7. The van der Waals surface area contributed by atoms with E-state index in [0.717, 1.165) is 53.0 Å². The highest BCUT2D eigenvalue weighted by Crippen LogP contribution is 2.42. The van der Waals surface area contributed by atoms with E-state index in [4.69, 9.17) is 14.2 Å². The molecule has 2 N–H and O–H groups in total. The Morgan fingerprint density at radius 1 is 0.955 bits per heavy atom. The van der Waals surface area contributed by atoms with Crippen molar-refractivity contribution >= 4 is 6.09 Å². The van der Waals surface area contributed by atoms with Gasteiger partial charge in [0.15, 0.2) is 6.29 Å². The van der Waals surface area contributed by atoms with Crippen molar-refractivity contribution in [3.8, 4) is 11.1 Å². The third kappa shape index (κ3) is 8.36. The number of ether oxygens (including phenoxy) is 3. The van der Waals surface area contributed by atoms with Crippen LogP contribution in [0.4, 0.5) is 4.79 Å². The number of hydrogen-bond donors (Lipinski definition) is 2. The fourth-order valence-electron chi connectivity index (χ4n) is 6.21. The van der Waals surface area contributed by atoms with Gasteiger partial charge in [-0.1, -0.05) is 112 Å². The summed E-state index contributed by atoms with van der Waals surface area (Å²) in [6.07, 6.45) is 6.87. The van der Waals surface area contributed by atoms with E-state index in [1.54, 1.807) is 6.08 Å². The maximum absolute atomic E-state index is 12.0. The second-order valence-electron chi connectivity index (χ2n) is 11.9. The van der Waals surface area contributed by atoms with Gasteiger partial charge < -0.3 is 29.5 Å². The molecule has 5 rings (SSSR count). The first kappa shape index (κ1) is 31.9. The maximum atomic E-state index is 12.0. The van der Waals surface area contributed by atoms with Crippen LogP contribution in [0.25, 0.3) is 11.1 Å². The highest BCUT2D eigenvalue weighted by Gasteiger charge is 2.39. The standard InChI is InChI=1S/C37H46N2O5/c1-3-23-42-37(41)38-24-32-11-7-8-12-33(32)29-17-19-31(20-18-29)36-43-34(25-39-21-9-5-4-6-10-22-39)27(2)35(44-36)30-15-13-28(26-40)14-16-30/h3,7-8,11-20,27,34-36,40H,1,4-6,9-10,21-26H2,2H3,(H,38,41)/t27-,34+,35+,36+/m0/s1. The SMILES string of the molecule is C=CCOC(=O)NCc1ccccc1-c1ccc([C@@H]2O[C@H](CN3CCCCCCC3)[C@H](C)[C@H](c3ccc(CO)cc3)O2)cc1. The minimum absolute atomic E-state index is 0.0167. The van der Waals surface area contributed by atoms with Gasteiger partial charge in [0.25, 0.3) is 0 Å². The number of nitrogens with one attached hydrogen (secondary N) is 1. The van der Waals surface area contributed by atoms with E-state index in [1.807, 2.05) is 30.3 Å². The molecule has 0 aliphatic carbocycles. The van der Waals surface area contributed by atoms with Gasteiger partial charge in [0, 0.05) is 24.6 Å². The van der Waals surface area contributed by atoms with Crippen LogP contribution >= 0.6 is 0 Å². The molecule has 7 nitrogen and oxygen atoms in total. The minimum atomic E-state index is -0.501. The molecule has 2 heterocycles. The Morgan fingerprint density at radius 2 is 1.64 bits per heavy atom. The zero-order valence-corrected chi connectivity index (χ0v) is 25.8. The van der Waals surface area contributed by atoms with Crippen molar-refractivity contribution in [2.45, 2.75) is 70.7 Å². The van der Waals surface area contributed by atoms with Gasteiger partial charge in [-0.3, -0.25) is 0 Å². The van der Waals surface area contributed by atoms with Gasteiger partial charge in [-0.2, -0.15) is 0 Å². The smallest absolute Gasteiger partial charge is 0.407 e. The first-order valence-corrected chi connectivity index (χ1v) is 16.0. The van der Waals surface area contributed by atoms with E-state index in [9.17, 15) is 9.90 Å². The molecule has 1 amide bonds. The number of aliphatic hydroxyl groups is 1. The number of amides is 1. The predicted octanol–water partition coefficient (Wildman–Crippen LogP) is 7.32. The van der Waals surface area contributed by atoms with Gasteiger partial charge in [-0.05, 0) is 53.7 Å². The fraction of sp³-hybridized carbons (Fsp3) is 0.432. The zero-order valence-electron chi connectivity index (χ0n) is 25.8. The minimum Gasteiger partial charge on any atom is -0.445 e. The van der Waals surface area contributed by atoms with Gasteiger partial charge in [0.05, 0.1) is 18.8 Å². The Morgan fingerprint density at radius 3 is 2.34 bits per heavy atom. The van der Waals surface area contributed by atoms with Crippen LogP contribution in [0.15, 0.2) is 85.5 Å². The summed E-state index contributed by atoms with van der Waals surface area (Å²) in [5.74, 6) is 0.161. The molecule has 234 valence electrons. The molecule has 3 aromatic rings. The molecule has 0 unspecified atom stereocenters. The summed E-state index contributed by atoms with van der Waals surface area (Å²) in [5.41, 5.74) is 6.04. The summed E-state index contributed by atoms with van der Waals surface area (Å²) in [6, 6.07) is 24.5. The molecule has 7 heteroatoms. The fourth-order valence-corrected chi connectivity index (χ4v) is 6.21. The van der Waals surface area contributed by atoms with Crippen LogP contribution in [-0.2, 0) is 27.4 Å². The number of alkyl carbamates (subject to hydrolysis) is 1. The van der Waals surface area contributed by atoms with Crippen LogP contribution in [0.1, 0.15) is 73.7 Å². The van der Waals surface area contributed by atoms with Crippen LogP contribution in [0.2, 0.25) is 0 Å². The maximum Gasteiger partial charge on any atom is 0.407 e. The summed E-state index contributed by atoms with van der Waals surface area (Å²) in [6.45, 7) is 9.48. The number of carbonyl (C=O) groups excluding carboxylic acids is 1. The molecule has 2 aliphatic rings. The summed E-state index contributed by atoms with van der Waals surface area (Å²) < 4.78 is 18.5. The predicted molar refractivity (Wildman–Crippen MR) is 173 cm³/mol. The van der Waals surface area contributed by atoms with Gasteiger partial charge in [0.2, 0.25) is 0 Å². The van der Waals surface area contributed by atoms with Gasteiger partial charge in [-0.25, -0.2) is 4.79 Å². The van der Waals surface area contributed by atoms with E-state index in [1.165, 1.54) is 32.1 Å². The van der Waals surface area contributed by atoms with Crippen LogP contribution in [0.3, 0.4) is 0 Å². The molecule has 0 bridgehead atoms. The number of benzene rings is 3. The van der Waals surface area contributed by atoms with Crippen LogP contribution in [-0.4, -0.2) is 48.4 Å². The lowest BCUT2D eigenvalue weighted by Crippen LogP contribution is -2.45. The third-order valence-electron chi connectivity index (χ3n) is 8.78. The quantitative estimate of drug-likeness (QED) is 0.238. The lowest BCUT2D eigenvalue weighted by Gasteiger charge is -2.43. The van der Waals surface area contributed by atoms with Crippen molar-refractivity contribution in [1.82, 2.24) is 10.2 Å². The summed E-state index contributed by atoms with van der Waals surface area (Å²) in [4.78, 5) is 14.6. The van der Waals surface area contributed by atoms with E-state index in [0.29, 0.717) is 6.54 Å². The number of aliphatic hydroxyl groups excluding tert-OH is 1. The van der Waals surface area contributed by atoms with Gasteiger partial charge in [-0.15, -0.1) is 0 Å². The summed E-state index contributed by atoms with van der Waals surface area (Å²) in [7, 11) is 0. The molecule has 2 saturated heterocycles. The second-order valence-corrected chi connectivity index (χ2v) is 11.9. The molecular formula is C37H46N2O5. The Hall–Kier alpha value is -3.49. The average molecular weight is 599 g/mol. The molecule has 0 aromatic heterocycles. The topological polar surface area (TPSA) is 80.3 Å². The van der Waals surface area contributed by atoms with Gasteiger partial charge >= 0.3 is 6.09 Å². The van der Waals surface area contributed by atoms with Crippen molar-refractivity contribution in [2.75, 3.05) is 26.2 Å². The van der Waals surface area contributed by atoms with Crippen LogP contribution in [0, 0.1) is 5.92 Å². The molecule has 4 atom stereocenters. The number of likely N-dealkylation sites (tertiary alicyclic amines) is 1. The van der Waals surface area contributed by atoms with E-state index in [2.05, 4.69) is 66.2 Å². The van der Waals surface area contributed by atoms with Crippen molar-refractivity contribution in [3.05, 3.63) is 108 Å². The van der Waals surface area contributed by atoms with Crippen molar-refractivity contribution in [2.24, 2.45) is 5.92 Å². The lowest BCUT2D eigenvalue weighted by molar-refractivity contribution is -0.276. The lowest BCUT2D eigenvalue weighted by atomic mass is 9.89. The molecule has 44 heavy (non-hydrogen) atoms. The molecule has 0 saturated carbocycles. The molecule has 3 aromatic carbocycles. The first-order chi connectivity index (χ1) is 21.6. The van der Waals surface area contributed by atoms with Crippen LogP contribution in [0.5, 0.6) is 0 Å². The Balaban J connectivity index is 1.35. The normalized spacial score (nSPS) is 22.9. The van der Waals surface area contributed by atoms with Gasteiger partial charge in [0.1, 0.15) is 6.61 Å². The molecule has 2 fully saturated rings. The summed E-state index contributed by atoms with van der Waals surface area (Å²) >= 11 is 0. The second kappa shape index (κ2) is 16.0. The first-order valence-electron chi connectivity index (χ1n) is 16.0. The monoisotopic (exact) mass is 598 g/mol. The number of carbonyl (C=O) groups is 1. The van der Waals surface area contributed by atoms with Crippen molar-refractivity contribution < 1.29 is 24.1 Å². The highest BCUT2D eigenvalue weighted by atomic mass is 16.7. The van der Waals surface area contributed by atoms with E-state index < -0.39 is 12.4 Å². The molecular weight excluding hydrogens is 552 g/mol. The molecule has 0 spiro atoms. The largest absolute Gasteiger partial charge is 0.445 e. The van der Waals surface area contributed by atoms with Crippen LogP contribution < -0.4 is 5.32 Å². The molecule has 0 radical (unpaired) electrons. The number of hydrogen-bond acceptors (Lipinski definition) is 6. The number of nitrogens with zero attached hydrogens (tertiary/aromatic N) is 1. The summed E-state index contributed by atoms with van der Waals surface area (Å²) in [5, 5.41) is 12.4. The van der Waals surface area contributed by atoms with E-state index in [-0.39, 0.29) is 31.3 Å². The Labute approximate surface area is 261 Å². The van der Waals surface area contributed by atoms with Crippen molar-refractivity contribution in [3.63, 3.8) is 0 Å². The highest BCUT2D eigenvalue weighted by molar-refractivity contribution is 5.70.